The van der Waals surface area contributed by atoms with Crippen LogP contribution in [0.4, 0.5) is 10.5 Å². The summed E-state index contributed by atoms with van der Waals surface area (Å²) in [7, 11) is 0. The number of nitrogens with two attached hydrogens (primary N) is 1. The molecule has 2 aromatic rings. The van der Waals surface area contributed by atoms with Crippen LogP contribution < -0.4 is 11.1 Å². The van der Waals surface area contributed by atoms with Gasteiger partial charge >= 0.3 is 6.09 Å². The molecule has 1 fully saturated rings. The van der Waals surface area contributed by atoms with Crippen molar-refractivity contribution in [3.05, 3.63) is 64.7 Å². The first kappa shape index (κ1) is 27.4. The predicted molar refractivity (Wildman–Crippen MR) is 137 cm³/mol. The molecule has 9 nitrogen and oxygen atoms in total. The van der Waals surface area contributed by atoms with E-state index >= 15 is 0 Å². The van der Waals surface area contributed by atoms with Gasteiger partial charge in [0.2, 0.25) is 12.3 Å². The molecule has 10 heteroatoms. The Bertz CT molecular complexity index is 1040. The van der Waals surface area contributed by atoms with Crippen molar-refractivity contribution in [3.63, 3.8) is 0 Å². The number of halogens is 1. The molecule has 1 atom stereocenters. The van der Waals surface area contributed by atoms with Gasteiger partial charge in [0, 0.05) is 30.3 Å². The van der Waals surface area contributed by atoms with Crippen LogP contribution in [0.1, 0.15) is 30.9 Å². The highest BCUT2D eigenvalue weighted by atomic mass is 35.5. The lowest BCUT2D eigenvalue weighted by Gasteiger charge is -2.47. The van der Waals surface area contributed by atoms with Crippen molar-refractivity contribution >= 4 is 35.7 Å². The van der Waals surface area contributed by atoms with Crippen LogP contribution in [0.2, 0.25) is 5.02 Å². The molecular formula is C26H33ClN4O5. The van der Waals surface area contributed by atoms with Crippen molar-refractivity contribution in [1.29, 1.82) is 0 Å². The van der Waals surface area contributed by atoms with Crippen LogP contribution in [0.15, 0.2) is 48.5 Å². The first-order valence-electron chi connectivity index (χ1n) is 11.9. The molecular weight excluding hydrogens is 484 g/mol. The van der Waals surface area contributed by atoms with Crippen LogP contribution in [0, 0.1) is 0 Å². The molecule has 3 rings (SSSR count). The summed E-state index contributed by atoms with van der Waals surface area (Å²) in [5.74, 6) is -0.357. The number of hydrogen-bond donors (Lipinski definition) is 3. The molecule has 194 valence electrons. The minimum absolute atomic E-state index is 0.0663. The number of carbonyl (C=O) groups excluding carboxylic acids is 3. The van der Waals surface area contributed by atoms with Crippen LogP contribution in [-0.2, 0) is 27.3 Å². The zero-order chi connectivity index (χ0) is 26.1. The van der Waals surface area contributed by atoms with Crippen LogP contribution in [-0.4, -0.2) is 71.2 Å². The number of anilines is 1. The lowest BCUT2D eigenvalue weighted by Crippen LogP contribution is -2.60. The lowest BCUT2D eigenvalue weighted by molar-refractivity contribution is -0.139. The molecule has 0 spiro atoms. The second-order valence-electron chi connectivity index (χ2n) is 8.92. The zero-order valence-electron chi connectivity index (χ0n) is 20.4. The van der Waals surface area contributed by atoms with Gasteiger partial charge in [0.15, 0.2) is 0 Å². The van der Waals surface area contributed by atoms with Crippen molar-refractivity contribution in [3.8, 4) is 0 Å². The maximum Gasteiger partial charge on any atom is 0.411 e. The van der Waals surface area contributed by atoms with Crippen LogP contribution in [0.25, 0.3) is 0 Å². The molecule has 0 radical (unpaired) electrons. The molecule has 0 saturated carbocycles. The number of likely N-dealkylation sites (tertiary alicyclic amines) is 1. The second kappa shape index (κ2) is 12.7. The van der Waals surface area contributed by atoms with Gasteiger partial charge in [-0.25, -0.2) is 4.79 Å². The molecule has 0 aliphatic carbocycles. The monoisotopic (exact) mass is 516 g/mol. The van der Waals surface area contributed by atoms with Crippen LogP contribution in [0.5, 0.6) is 0 Å². The molecule has 1 aliphatic heterocycles. The van der Waals surface area contributed by atoms with Crippen molar-refractivity contribution in [2.75, 3.05) is 31.6 Å². The molecule has 36 heavy (non-hydrogen) atoms. The van der Waals surface area contributed by atoms with Crippen LogP contribution >= 0.6 is 11.6 Å². The predicted octanol–water partition coefficient (Wildman–Crippen LogP) is 2.79. The van der Waals surface area contributed by atoms with E-state index in [-0.39, 0.29) is 19.1 Å². The third-order valence-electron chi connectivity index (χ3n) is 6.64. The van der Waals surface area contributed by atoms with Gasteiger partial charge in [-0.3, -0.25) is 14.9 Å². The standard InChI is InChI=1S/C26H33ClN4O5/c1-2-19-7-9-21(10-8-19)29-25(35)36-17-26(11-13-30(14-12-26)24(34)23(28)16-32)31(18-33)15-20-5-3-4-6-22(20)27/h3-10,18,23,32H,2,11-17,28H2,1H3,(H,29,35). The van der Waals surface area contributed by atoms with Gasteiger partial charge in [-0.1, -0.05) is 48.9 Å². The van der Waals surface area contributed by atoms with Gasteiger partial charge in [-0.05, 0) is 48.6 Å². The molecule has 3 amide bonds. The second-order valence-corrected chi connectivity index (χ2v) is 9.32. The van der Waals surface area contributed by atoms with E-state index in [1.165, 1.54) is 0 Å². The summed E-state index contributed by atoms with van der Waals surface area (Å²) in [6, 6.07) is 13.7. The summed E-state index contributed by atoms with van der Waals surface area (Å²) in [5, 5.41) is 12.5. The van der Waals surface area contributed by atoms with E-state index in [0.717, 1.165) is 24.0 Å². The normalized spacial score (nSPS) is 15.6. The highest BCUT2D eigenvalue weighted by molar-refractivity contribution is 6.31. The SMILES string of the molecule is CCc1ccc(NC(=O)OCC2(N(C=O)Cc3ccccc3Cl)CCN(C(=O)C(N)CO)CC2)cc1. The summed E-state index contributed by atoms with van der Waals surface area (Å²) in [6.07, 6.45) is 1.70. The topological polar surface area (TPSA) is 125 Å². The Morgan fingerprint density at radius 2 is 1.89 bits per heavy atom. The molecule has 1 aliphatic rings. The van der Waals surface area contributed by atoms with Crippen molar-refractivity contribution in [1.82, 2.24) is 9.80 Å². The lowest BCUT2D eigenvalue weighted by atomic mass is 9.86. The highest BCUT2D eigenvalue weighted by Gasteiger charge is 2.42. The Balaban J connectivity index is 1.75. The van der Waals surface area contributed by atoms with Gasteiger partial charge in [0.05, 0.1) is 12.1 Å². The number of nitrogens with one attached hydrogen (secondary N) is 1. The highest BCUT2D eigenvalue weighted by Crippen LogP contribution is 2.32. The number of aliphatic hydroxyl groups excluding tert-OH is 1. The van der Waals surface area contributed by atoms with E-state index in [0.29, 0.717) is 36.6 Å². The maximum atomic E-state index is 12.6. The number of ether oxygens (including phenoxy) is 1. The summed E-state index contributed by atoms with van der Waals surface area (Å²) >= 11 is 6.34. The summed E-state index contributed by atoms with van der Waals surface area (Å²) in [4.78, 5) is 40.5. The molecule has 1 saturated heterocycles. The molecule has 0 aromatic heterocycles. The van der Waals surface area contributed by atoms with Crippen molar-refractivity contribution in [2.24, 2.45) is 5.73 Å². The van der Waals surface area contributed by atoms with E-state index in [1.54, 1.807) is 28.0 Å². The Labute approximate surface area is 216 Å². The van der Waals surface area contributed by atoms with Gasteiger partial charge in [0.25, 0.3) is 0 Å². The molecule has 4 N–H and O–H groups in total. The fourth-order valence-corrected chi connectivity index (χ4v) is 4.47. The number of benzene rings is 2. The number of nitrogens with zero attached hydrogens (tertiary/aromatic N) is 2. The number of rotatable bonds is 10. The smallest absolute Gasteiger partial charge is 0.411 e. The number of hydrogen-bond acceptors (Lipinski definition) is 6. The minimum atomic E-state index is -0.996. The fraction of sp³-hybridized carbons (Fsp3) is 0.423. The minimum Gasteiger partial charge on any atom is -0.447 e. The quantitative estimate of drug-likeness (QED) is 0.417. The first-order chi connectivity index (χ1) is 17.3. The van der Waals surface area contributed by atoms with Gasteiger partial charge in [-0.2, -0.15) is 0 Å². The molecule has 1 unspecified atom stereocenters. The third kappa shape index (κ3) is 6.75. The van der Waals surface area contributed by atoms with E-state index in [2.05, 4.69) is 5.32 Å². The van der Waals surface area contributed by atoms with E-state index < -0.39 is 24.3 Å². The first-order valence-corrected chi connectivity index (χ1v) is 12.3. The van der Waals surface area contributed by atoms with E-state index in [1.807, 2.05) is 37.3 Å². The summed E-state index contributed by atoms with van der Waals surface area (Å²) in [6.45, 7) is 2.34. The van der Waals surface area contributed by atoms with Gasteiger partial charge in [-0.15, -0.1) is 0 Å². The van der Waals surface area contributed by atoms with E-state index in [4.69, 9.17) is 22.1 Å². The average molecular weight is 517 g/mol. The summed E-state index contributed by atoms with van der Waals surface area (Å²) in [5.41, 5.74) is 7.36. The van der Waals surface area contributed by atoms with Crippen molar-refractivity contribution in [2.45, 2.75) is 44.3 Å². The Kier molecular flexibility index (Phi) is 9.69. The number of piperidine rings is 1. The van der Waals surface area contributed by atoms with Crippen molar-refractivity contribution < 1.29 is 24.2 Å². The maximum absolute atomic E-state index is 12.6. The number of aliphatic hydroxyl groups is 1. The number of aryl methyl sites for hydroxylation is 1. The fourth-order valence-electron chi connectivity index (χ4n) is 4.27. The van der Waals surface area contributed by atoms with Gasteiger partial charge < -0.3 is 25.4 Å². The molecule has 0 bridgehead atoms. The number of amides is 3. The van der Waals surface area contributed by atoms with Crippen LogP contribution in [0.3, 0.4) is 0 Å². The number of carbonyl (C=O) groups is 3. The Hall–Kier alpha value is -3.14. The third-order valence-corrected chi connectivity index (χ3v) is 7.00. The van der Waals surface area contributed by atoms with E-state index in [9.17, 15) is 19.5 Å². The van der Waals surface area contributed by atoms with Gasteiger partial charge in [0.1, 0.15) is 12.6 Å². The summed E-state index contributed by atoms with van der Waals surface area (Å²) < 4.78 is 5.61. The average Bonchev–Trinajstić information content (AvgIpc) is 2.91. The zero-order valence-corrected chi connectivity index (χ0v) is 21.1. The molecule has 1 heterocycles. The Morgan fingerprint density at radius 1 is 1.22 bits per heavy atom. The Morgan fingerprint density at radius 3 is 2.47 bits per heavy atom. The largest absolute Gasteiger partial charge is 0.447 e. The molecule has 2 aromatic carbocycles.